The van der Waals surface area contributed by atoms with E-state index in [9.17, 15) is 106 Å². The number of aliphatic hydroxyl groups excluding tert-OH is 13. The average Bonchev–Trinajstić information content (AvgIpc) is 0.767. The van der Waals surface area contributed by atoms with Crippen molar-refractivity contribution in [3.05, 3.63) is 102 Å². The number of rotatable bonds is 22. The zero-order valence-corrected chi connectivity index (χ0v) is 48.5. The van der Waals surface area contributed by atoms with Gasteiger partial charge < -0.3 is 144 Å². The number of hydrogen-bond donors (Lipinski definition) is 18. The summed E-state index contributed by atoms with van der Waals surface area (Å²) < 4.78 is 67.7. The number of carbonyl (C=O) groups is 4. The molecule has 4 fully saturated rings. The predicted octanol–water partition coefficient (Wildman–Crippen LogP) is -3.53. The monoisotopic (exact) mass is 1330 g/mol. The molecule has 4 aromatic carbocycles. The lowest BCUT2D eigenvalue weighted by molar-refractivity contribution is -0.279. The molecule has 4 saturated heterocycles. The van der Waals surface area contributed by atoms with E-state index in [4.69, 9.17) is 61.6 Å². The number of phenolic OH excluding ortho intramolecular Hbond substituents is 4. The Balaban J connectivity index is 1.00. The summed E-state index contributed by atoms with van der Waals surface area (Å²) in [6.07, 6.45) is -35.1. The summed E-state index contributed by atoms with van der Waals surface area (Å²) in [5.41, 5.74) is 0.0566. The largest absolute Gasteiger partial charge is 0.508 e. The highest BCUT2D eigenvalue weighted by Gasteiger charge is 2.50. The van der Waals surface area contributed by atoms with Crippen LogP contribution in [0.25, 0.3) is 34.4 Å². The van der Waals surface area contributed by atoms with Gasteiger partial charge in [0.1, 0.15) is 152 Å². The van der Waals surface area contributed by atoms with Crippen molar-refractivity contribution in [1.29, 1.82) is 0 Å². The number of carboxylic acid groups (broad SMARTS) is 1. The number of aliphatic hydroxyl groups is 13. The van der Waals surface area contributed by atoms with Gasteiger partial charge in [0.05, 0.1) is 18.2 Å². The Kier molecular flexibility index (Phi) is 22.4. The van der Waals surface area contributed by atoms with E-state index in [-0.39, 0.29) is 22.5 Å². The van der Waals surface area contributed by atoms with Crippen LogP contribution in [0.5, 0.6) is 46.0 Å². The first kappa shape index (κ1) is 69.7. The lowest BCUT2D eigenvalue weighted by Crippen LogP contribution is -2.60. The number of aromatic hydroxyl groups is 4. The molecule has 5 heterocycles. The van der Waals surface area contributed by atoms with E-state index in [0.717, 1.165) is 42.5 Å². The number of carboxylic acids is 1. The number of hydrogen-bond acceptors (Lipinski definition) is 32. The summed E-state index contributed by atoms with van der Waals surface area (Å²) in [7, 11) is 0. The first-order chi connectivity index (χ1) is 44.7. The molecule has 94 heavy (non-hydrogen) atoms. The third kappa shape index (κ3) is 16.3. The van der Waals surface area contributed by atoms with E-state index in [0.29, 0.717) is 11.1 Å². The molecule has 0 unspecified atom stereocenters. The summed E-state index contributed by atoms with van der Waals surface area (Å²) in [6.45, 7) is -3.28. The van der Waals surface area contributed by atoms with Crippen molar-refractivity contribution in [1.82, 2.24) is 0 Å². The van der Waals surface area contributed by atoms with Crippen LogP contribution in [0.15, 0.2) is 95.4 Å². The molecule has 5 aromatic rings. The normalized spacial score (nSPS) is 31.2. The van der Waals surface area contributed by atoms with E-state index in [1.165, 1.54) is 60.7 Å². The maximum atomic E-state index is 13.1. The smallest absolute Gasteiger partial charge is 0.402 e. The number of phenols is 4. The minimum atomic E-state index is -2.24. The second kappa shape index (κ2) is 30.2. The quantitative estimate of drug-likeness (QED) is 0.0105. The van der Waals surface area contributed by atoms with Crippen LogP contribution in [0.3, 0.4) is 0 Å². The highest BCUT2D eigenvalue weighted by atomic mass is 16.7. The van der Waals surface area contributed by atoms with Gasteiger partial charge in [-0.3, -0.25) is 9.59 Å². The molecule has 4 aliphatic heterocycles. The van der Waals surface area contributed by atoms with E-state index < -0.39 is 225 Å². The van der Waals surface area contributed by atoms with Gasteiger partial charge in [-0.1, -0.05) is 24.3 Å². The molecule has 0 saturated carbocycles. The Hall–Kier alpha value is -8.63. The molecular formula is C60H65O34+. The maximum absolute atomic E-state index is 13.1. The lowest BCUT2D eigenvalue weighted by Gasteiger charge is -2.40. The van der Waals surface area contributed by atoms with Crippen LogP contribution in [0, 0.1) is 0 Å². The summed E-state index contributed by atoms with van der Waals surface area (Å²) >= 11 is 0. The predicted molar refractivity (Wildman–Crippen MR) is 305 cm³/mol. The van der Waals surface area contributed by atoms with Crippen molar-refractivity contribution in [2.75, 3.05) is 26.4 Å². The van der Waals surface area contributed by atoms with Crippen molar-refractivity contribution in [2.45, 2.75) is 129 Å². The first-order valence-corrected chi connectivity index (χ1v) is 28.4. The zero-order valence-electron chi connectivity index (χ0n) is 48.5. The lowest BCUT2D eigenvalue weighted by atomic mass is 9.99. The summed E-state index contributed by atoms with van der Waals surface area (Å²) in [5, 5.41) is 192. The van der Waals surface area contributed by atoms with Gasteiger partial charge in [0, 0.05) is 36.4 Å². The van der Waals surface area contributed by atoms with Gasteiger partial charge in [0.2, 0.25) is 36.7 Å². The fraction of sp³-hybridized carbons (Fsp3) is 0.417. The summed E-state index contributed by atoms with van der Waals surface area (Å²) in [6, 6.07) is 16.0. The Morgan fingerprint density at radius 3 is 1.33 bits per heavy atom. The fourth-order valence-corrected chi connectivity index (χ4v) is 9.84. The molecule has 0 aliphatic carbocycles. The third-order valence-electron chi connectivity index (χ3n) is 15.0. The van der Waals surface area contributed by atoms with Gasteiger partial charge in [-0.25, -0.2) is 14.0 Å². The molecule has 4 aliphatic rings. The first-order valence-electron chi connectivity index (χ1n) is 28.4. The second-order valence-electron chi connectivity index (χ2n) is 21.7. The Labute approximate surface area is 528 Å². The molecule has 20 atom stereocenters. The van der Waals surface area contributed by atoms with E-state index in [2.05, 4.69) is 0 Å². The number of aliphatic carboxylic acids is 1. The highest BCUT2D eigenvalue weighted by Crippen LogP contribution is 2.47. The van der Waals surface area contributed by atoms with Crippen molar-refractivity contribution < 1.29 is 168 Å². The number of fused-ring (bicyclic) bond motifs is 1. The fourth-order valence-electron chi connectivity index (χ4n) is 9.84. The molecular weight excluding hydrogens is 1260 g/mol. The second-order valence-corrected chi connectivity index (χ2v) is 21.7. The molecule has 1 aromatic heterocycles. The van der Waals surface area contributed by atoms with Crippen molar-refractivity contribution in [3.8, 4) is 57.3 Å². The topological polar surface area (TPSA) is 545 Å². The van der Waals surface area contributed by atoms with Crippen LogP contribution in [-0.4, -0.2) is 265 Å². The standard InChI is InChI=1S/C60H64O34/c61-19-35-44(71)48(75)52(79)57(91-35)86-28-9-3-24(4-10-28)6-12-41(68)84-21-37-46(73)50(77)54(81)59(93-37)89-33-14-25(13-32(43(33)70)88-58-53(80)49(76)45(72)36(92-58)20-83-40(67)11-5-23-1-7-26(62)8-2-23)56-34(17-29-30(64)15-27(63)16-31(29)87-56)90-60-55(82)51(78)47(74)38(94-60)22-85-42(69)18-39(65)66/h1-17,35-38,44-55,57-61,71-82H,18-22H2,(H4-,62,63,64,65,66,67,70)/p+1/b12-6+/t35-,36-,37-,38-,44-,45-,46-,47-,48+,49+,50+,51+,52-,53-,54-,55-,57-,58-,59-,60-/m1/s1. The van der Waals surface area contributed by atoms with Crippen LogP contribution in [0.1, 0.15) is 17.5 Å². The molecule has 18 N–H and O–H groups in total. The van der Waals surface area contributed by atoms with Crippen molar-refractivity contribution in [3.63, 3.8) is 0 Å². The maximum Gasteiger partial charge on any atom is 0.402 e. The van der Waals surface area contributed by atoms with Crippen LogP contribution in [-0.2, 0) is 52.3 Å². The van der Waals surface area contributed by atoms with Gasteiger partial charge in [-0.05, 0) is 47.5 Å². The van der Waals surface area contributed by atoms with Gasteiger partial charge in [-0.2, -0.15) is 0 Å². The van der Waals surface area contributed by atoms with Crippen LogP contribution < -0.4 is 18.9 Å². The molecule has 0 bridgehead atoms. The minimum Gasteiger partial charge on any atom is -0.508 e. The van der Waals surface area contributed by atoms with Crippen LogP contribution in [0.4, 0.5) is 0 Å². The average molecular weight is 1330 g/mol. The number of ether oxygens (including phenoxy) is 11. The molecule has 34 nitrogen and oxygen atoms in total. The molecule has 34 heteroatoms. The molecule has 0 spiro atoms. The zero-order chi connectivity index (χ0) is 68.0. The Bertz CT molecular complexity index is 3530. The van der Waals surface area contributed by atoms with Crippen molar-refractivity contribution >= 4 is 47.0 Å². The number of carbonyl (C=O) groups excluding carboxylic acids is 3. The highest BCUT2D eigenvalue weighted by molar-refractivity contribution is 5.91. The van der Waals surface area contributed by atoms with Gasteiger partial charge in [-0.15, -0.1) is 0 Å². The third-order valence-corrected chi connectivity index (χ3v) is 15.0. The number of benzene rings is 4. The Morgan fingerprint density at radius 2 is 0.872 bits per heavy atom. The molecule has 0 amide bonds. The Morgan fingerprint density at radius 1 is 0.457 bits per heavy atom. The SMILES string of the molecule is O=C(O)CC(=O)OC[C@H]1O[C@@H](Oc2cc3c(O)cc(O)cc3[o+]c2-c2cc(O[C@@H]3O[C@H](COC(=O)C=Cc4ccc(O)cc4)[C@@H](O)[C@H](O)[C@H]3O)c(O)c(O[C@@H]3O[C@H](COC(=O)/C=C/c4ccc(O[C@@H]5O[C@H](CO)[C@@H](O)[C@H](O)[C@H]5O)cc4)[C@@H](O)[C@H](O)[C@H]3O)c2)[C@H](O)[C@@H](O)[C@@H]1O. The summed E-state index contributed by atoms with van der Waals surface area (Å²) in [5.74, 6) is -10.1. The van der Waals surface area contributed by atoms with Gasteiger partial charge in [0.15, 0.2) is 11.5 Å². The van der Waals surface area contributed by atoms with Gasteiger partial charge >= 0.3 is 35.2 Å². The van der Waals surface area contributed by atoms with Gasteiger partial charge in [0.25, 0.3) is 0 Å². The van der Waals surface area contributed by atoms with Crippen molar-refractivity contribution in [2.24, 2.45) is 0 Å². The summed E-state index contributed by atoms with van der Waals surface area (Å²) in [4.78, 5) is 49.1. The van der Waals surface area contributed by atoms with E-state index in [1.54, 1.807) is 0 Å². The number of esters is 3. The molecule has 0 radical (unpaired) electrons. The van der Waals surface area contributed by atoms with Crippen LogP contribution in [0.2, 0.25) is 0 Å². The van der Waals surface area contributed by atoms with E-state index >= 15 is 0 Å². The molecule has 9 rings (SSSR count). The van der Waals surface area contributed by atoms with E-state index in [1.807, 2.05) is 0 Å². The van der Waals surface area contributed by atoms with Crippen LogP contribution >= 0.6 is 0 Å². The minimum absolute atomic E-state index is 0.0489. The molecule has 508 valence electrons.